The summed E-state index contributed by atoms with van der Waals surface area (Å²) in [4.78, 5) is 25.2. The van der Waals surface area contributed by atoms with Crippen LogP contribution in [-0.4, -0.2) is 48.9 Å². The highest BCUT2D eigenvalue weighted by Gasteiger charge is 2.39. The van der Waals surface area contributed by atoms with E-state index < -0.39 is 39.5 Å². The molecule has 2 aromatic rings. The van der Waals surface area contributed by atoms with Crippen LogP contribution in [0.2, 0.25) is 0 Å². The standard InChI is InChI=1S/C22H27F2N3O5S/c1-5-32-22(29)19-13(2)26(4)14(3)20(19)33(30,31)27-10-6-7-15(12-27)21(28)25-18-9-8-16(23)11-17(18)24/h8-9,11,15H,5-7,10,12H2,1-4H3,(H,25,28). The minimum atomic E-state index is -4.13. The second-order valence-electron chi connectivity index (χ2n) is 7.97. The van der Waals surface area contributed by atoms with Crippen molar-refractivity contribution in [3.8, 4) is 0 Å². The fraction of sp³-hybridized carbons (Fsp3) is 0.455. The number of rotatable bonds is 6. The van der Waals surface area contributed by atoms with Gasteiger partial charge < -0.3 is 14.6 Å². The van der Waals surface area contributed by atoms with Gasteiger partial charge in [0.15, 0.2) is 0 Å². The van der Waals surface area contributed by atoms with Crippen molar-refractivity contribution in [2.24, 2.45) is 13.0 Å². The summed E-state index contributed by atoms with van der Waals surface area (Å²) in [6.45, 7) is 5.02. The summed E-state index contributed by atoms with van der Waals surface area (Å²) in [5.74, 6) is -3.72. The van der Waals surface area contributed by atoms with E-state index in [2.05, 4.69) is 5.32 Å². The predicted molar refractivity (Wildman–Crippen MR) is 117 cm³/mol. The van der Waals surface area contributed by atoms with Gasteiger partial charge in [-0.05, 0) is 45.7 Å². The van der Waals surface area contributed by atoms with Crippen LogP contribution in [0.1, 0.15) is 41.5 Å². The summed E-state index contributed by atoms with van der Waals surface area (Å²) in [7, 11) is -2.47. The molecule has 0 bridgehead atoms. The number of halogens is 2. The van der Waals surface area contributed by atoms with Gasteiger partial charge in [-0.3, -0.25) is 4.79 Å². The molecule has 0 radical (unpaired) electrons. The lowest BCUT2D eigenvalue weighted by Crippen LogP contribution is -2.44. The molecule has 180 valence electrons. The molecular formula is C22H27F2N3O5S. The molecule has 1 saturated heterocycles. The molecule has 1 aromatic heterocycles. The molecule has 1 fully saturated rings. The van der Waals surface area contributed by atoms with E-state index in [-0.39, 0.29) is 35.8 Å². The highest BCUT2D eigenvalue weighted by molar-refractivity contribution is 7.89. The number of hydrogen-bond acceptors (Lipinski definition) is 5. The fourth-order valence-electron chi connectivity index (χ4n) is 4.01. The van der Waals surface area contributed by atoms with Gasteiger partial charge in [0.25, 0.3) is 0 Å². The van der Waals surface area contributed by atoms with E-state index in [9.17, 15) is 26.8 Å². The first-order valence-electron chi connectivity index (χ1n) is 10.6. The van der Waals surface area contributed by atoms with Crippen LogP contribution in [0.3, 0.4) is 0 Å². The van der Waals surface area contributed by atoms with Crippen molar-refractivity contribution in [2.45, 2.75) is 38.5 Å². The Hall–Kier alpha value is -2.79. The SMILES string of the molecule is CCOC(=O)c1c(S(=O)(=O)N2CCCC(C(=O)Nc3ccc(F)cc3F)C2)c(C)n(C)c1C. The van der Waals surface area contributed by atoms with E-state index in [0.717, 1.165) is 12.1 Å². The highest BCUT2D eigenvalue weighted by atomic mass is 32.2. The lowest BCUT2D eigenvalue weighted by Gasteiger charge is -2.31. The van der Waals surface area contributed by atoms with Crippen LogP contribution in [0.5, 0.6) is 0 Å². The molecule has 0 aliphatic carbocycles. The van der Waals surface area contributed by atoms with Crippen molar-refractivity contribution in [3.63, 3.8) is 0 Å². The number of piperidine rings is 1. The minimum absolute atomic E-state index is 0.0168. The smallest absolute Gasteiger partial charge is 0.341 e. The Morgan fingerprint density at radius 1 is 1.21 bits per heavy atom. The zero-order valence-corrected chi connectivity index (χ0v) is 19.8. The zero-order chi connectivity index (χ0) is 24.5. The first kappa shape index (κ1) is 24.8. The van der Waals surface area contributed by atoms with Crippen LogP contribution in [0.25, 0.3) is 0 Å². The number of amides is 1. The number of nitrogens with zero attached hydrogens (tertiary/aromatic N) is 2. The molecule has 1 aliphatic rings. The lowest BCUT2D eigenvalue weighted by molar-refractivity contribution is -0.120. The van der Waals surface area contributed by atoms with E-state index >= 15 is 0 Å². The van der Waals surface area contributed by atoms with Gasteiger partial charge in [0.05, 0.1) is 18.2 Å². The monoisotopic (exact) mass is 483 g/mol. The molecule has 1 N–H and O–H groups in total. The van der Waals surface area contributed by atoms with Gasteiger partial charge in [0, 0.05) is 37.6 Å². The topological polar surface area (TPSA) is 97.7 Å². The van der Waals surface area contributed by atoms with Crippen molar-refractivity contribution < 1.29 is 31.5 Å². The number of sulfonamides is 1. The number of aromatic nitrogens is 1. The molecule has 1 aromatic carbocycles. The van der Waals surface area contributed by atoms with Gasteiger partial charge in [-0.15, -0.1) is 0 Å². The Balaban J connectivity index is 1.88. The van der Waals surface area contributed by atoms with Crippen LogP contribution >= 0.6 is 0 Å². The second-order valence-corrected chi connectivity index (χ2v) is 9.84. The average Bonchev–Trinajstić information content (AvgIpc) is 3.00. The first-order valence-corrected chi connectivity index (χ1v) is 12.0. The zero-order valence-electron chi connectivity index (χ0n) is 18.9. The third-order valence-electron chi connectivity index (χ3n) is 5.95. The fourth-order valence-corrected chi connectivity index (χ4v) is 6.01. The van der Waals surface area contributed by atoms with E-state index in [1.54, 1.807) is 32.4 Å². The molecule has 8 nitrogen and oxygen atoms in total. The maximum absolute atomic E-state index is 13.9. The third-order valence-corrected chi connectivity index (χ3v) is 7.97. The van der Waals surface area contributed by atoms with Crippen LogP contribution in [0.15, 0.2) is 23.1 Å². The average molecular weight is 484 g/mol. The van der Waals surface area contributed by atoms with Crippen molar-refractivity contribution in [2.75, 3.05) is 25.0 Å². The van der Waals surface area contributed by atoms with Crippen LogP contribution in [-0.2, 0) is 26.6 Å². The molecular weight excluding hydrogens is 456 g/mol. The number of carbonyl (C=O) groups is 2. The largest absolute Gasteiger partial charge is 0.462 e. The number of nitrogens with one attached hydrogen (secondary N) is 1. The van der Waals surface area contributed by atoms with Gasteiger partial charge in [-0.2, -0.15) is 4.31 Å². The number of ether oxygens (including phenoxy) is 1. The predicted octanol–water partition coefficient (Wildman–Crippen LogP) is 3.14. The number of esters is 1. The molecule has 2 heterocycles. The number of benzene rings is 1. The molecule has 1 atom stereocenters. The van der Waals surface area contributed by atoms with E-state index in [0.29, 0.717) is 30.3 Å². The van der Waals surface area contributed by atoms with Gasteiger partial charge >= 0.3 is 5.97 Å². The molecule has 1 amide bonds. The molecule has 0 spiro atoms. The molecule has 11 heteroatoms. The molecule has 33 heavy (non-hydrogen) atoms. The molecule has 1 unspecified atom stereocenters. The third kappa shape index (κ3) is 4.79. The van der Waals surface area contributed by atoms with Crippen molar-refractivity contribution >= 4 is 27.6 Å². The number of hydrogen-bond donors (Lipinski definition) is 1. The Labute approximate surface area is 191 Å². The maximum atomic E-state index is 13.9. The first-order chi connectivity index (χ1) is 15.5. The highest BCUT2D eigenvalue weighted by Crippen LogP contribution is 2.32. The summed E-state index contributed by atoms with van der Waals surface area (Å²) >= 11 is 0. The summed E-state index contributed by atoms with van der Waals surface area (Å²) in [6, 6.07) is 2.79. The quantitative estimate of drug-likeness (QED) is 0.637. The Morgan fingerprint density at radius 2 is 1.91 bits per heavy atom. The van der Waals surface area contributed by atoms with Crippen molar-refractivity contribution in [1.82, 2.24) is 8.87 Å². The number of carbonyl (C=O) groups excluding carboxylic acids is 2. The molecule has 3 rings (SSSR count). The lowest BCUT2D eigenvalue weighted by atomic mass is 9.98. The van der Waals surface area contributed by atoms with Crippen molar-refractivity contribution in [3.05, 3.63) is 46.8 Å². The van der Waals surface area contributed by atoms with Gasteiger partial charge in [0.2, 0.25) is 15.9 Å². The molecule has 1 aliphatic heterocycles. The van der Waals surface area contributed by atoms with Gasteiger partial charge in [-0.25, -0.2) is 22.0 Å². The molecule has 0 saturated carbocycles. The minimum Gasteiger partial charge on any atom is -0.462 e. The maximum Gasteiger partial charge on any atom is 0.341 e. The van der Waals surface area contributed by atoms with Gasteiger partial charge in [0.1, 0.15) is 22.1 Å². The second kappa shape index (κ2) is 9.60. The summed E-state index contributed by atoms with van der Waals surface area (Å²) in [5, 5.41) is 2.41. The Morgan fingerprint density at radius 3 is 2.55 bits per heavy atom. The normalized spacial score (nSPS) is 17.1. The Bertz CT molecular complexity index is 1190. The van der Waals surface area contributed by atoms with Crippen molar-refractivity contribution in [1.29, 1.82) is 0 Å². The van der Waals surface area contributed by atoms with E-state index in [4.69, 9.17) is 4.74 Å². The Kier molecular flexibility index (Phi) is 7.23. The van der Waals surface area contributed by atoms with Crippen LogP contribution in [0, 0.1) is 31.4 Å². The van der Waals surface area contributed by atoms with Gasteiger partial charge in [-0.1, -0.05) is 0 Å². The van der Waals surface area contributed by atoms with Crippen LogP contribution in [0.4, 0.5) is 14.5 Å². The van der Waals surface area contributed by atoms with Crippen LogP contribution < -0.4 is 5.32 Å². The van der Waals surface area contributed by atoms with E-state index in [1.165, 1.54) is 4.31 Å². The number of anilines is 1. The summed E-state index contributed by atoms with van der Waals surface area (Å²) in [6.07, 6.45) is 0.807. The summed E-state index contributed by atoms with van der Waals surface area (Å²) < 4.78 is 62.1. The van der Waals surface area contributed by atoms with E-state index in [1.807, 2.05) is 0 Å². The summed E-state index contributed by atoms with van der Waals surface area (Å²) in [5.41, 5.74) is 0.649.